The van der Waals surface area contributed by atoms with Crippen molar-refractivity contribution in [3.8, 4) is 5.75 Å². The van der Waals surface area contributed by atoms with Gasteiger partial charge in [0.15, 0.2) is 0 Å². The van der Waals surface area contributed by atoms with Gasteiger partial charge < -0.3 is 15.0 Å². The normalized spacial score (nSPS) is 21.1. The molecule has 1 saturated carbocycles. The first-order valence-corrected chi connectivity index (χ1v) is 10.0. The first kappa shape index (κ1) is 18.5. The Labute approximate surface area is 165 Å². The van der Waals surface area contributed by atoms with Crippen LogP contribution in [0, 0.1) is 11.8 Å². The largest absolute Gasteiger partial charge is 0.497 e. The van der Waals surface area contributed by atoms with Crippen molar-refractivity contribution < 1.29 is 14.3 Å². The molecule has 1 aliphatic carbocycles. The fourth-order valence-electron chi connectivity index (χ4n) is 4.44. The van der Waals surface area contributed by atoms with Crippen LogP contribution >= 0.6 is 0 Å². The van der Waals surface area contributed by atoms with Crippen LogP contribution in [0.3, 0.4) is 0 Å². The Kier molecular flexibility index (Phi) is 5.33. The molecule has 1 N–H and O–H groups in total. The van der Waals surface area contributed by atoms with Gasteiger partial charge in [-0.3, -0.25) is 9.59 Å². The van der Waals surface area contributed by atoms with Gasteiger partial charge in [0.25, 0.3) is 0 Å². The zero-order chi connectivity index (χ0) is 19.5. The van der Waals surface area contributed by atoms with Crippen molar-refractivity contribution in [2.45, 2.75) is 32.1 Å². The van der Waals surface area contributed by atoms with E-state index in [1.54, 1.807) is 13.2 Å². The Balaban J connectivity index is 1.51. The van der Waals surface area contributed by atoms with Crippen molar-refractivity contribution in [2.75, 3.05) is 23.9 Å². The minimum atomic E-state index is -0.291. The third-order valence-electron chi connectivity index (χ3n) is 5.91. The molecule has 0 aromatic heterocycles. The van der Waals surface area contributed by atoms with Crippen LogP contribution in [0.4, 0.5) is 11.4 Å². The second-order valence-corrected chi connectivity index (χ2v) is 7.59. The lowest BCUT2D eigenvalue weighted by molar-refractivity contribution is -0.132. The summed E-state index contributed by atoms with van der Waals surface area (Å²) in [6, 6.07) is 15.4. The summed E-state index contributed by atoms with van der Waals surface area (Å²) in [5.74, 6) is 0.169. The van der Waals surface area contributed by atoms with Crippen molar-refractivity contribution in [3.63, 3.8) is 0 Å². The van der Waals surface area contributed by atoms with Crippen LogP contribution in [0.5, 0.6) is 5.75 Å². The van der Waals surface area contributed by atoms with E-state index in [9.17, 15) is 9.59 Å². The highest BCUT2D eigenvalue weighted by atomic mass is 16.5. The number of nitrogens with one attached hydrogen (secondary N) is 1. The Bertz CT molecular complexity index is 880. The highest BCUT2D eigenvalue weighted by Crippen LogP contribution is 2.36. The number of hydrogen-bond donors (Lipinski definition) is 1. The molecule has 2 unspecified atom stereocenters. The topological polar surface area (TPSA) is 58.6 Å². The molecule has 2 aromatic rings. The molecule has 2 aliphatic rings. The summed E-state index contributed by atoms with van der Waals surface area (Å²) in [6.45, 7) is 0.707. The van der Waals surface area contributed by atoms with Crippen LogP contribution in [0.15, 0.2) is 48.5 Å². The van der Waals surface area contributed by atoms with E-state index >= 15 is 0 Å². The summed E-state index contributed by atoms with van der Waals surface area (Å²) < 4.78 is 5.23. The van der Waals surface area contributed by atoms with E-state index in [2.05, 4.69) is 11.4 Å². The van der Waals surface area contributed by atoms with Gasteiger partial charge in [-0.2, -0.15) is 0 Å². The minimum absolute atomic E-state index is 0.0706. The molecule has 146 valence electrons. The molecule has 0 saturated heterocycles. The summed E-state index contributed by atoms with van der Waals surface area (Å²) >= 11 is 0. The van der Waals surface area contributed by atoms with E-state index in [0.29, 0.717) is 18.0 Å². The molecule has 5 heteroatoms. The van der Waals surface area contributed by atoms with Gasteiger partial charge in [0, 0.05) is 29.9 Å². The highest BCUT2D eigenvalue weighted by Gasteiger charge is 2.39. The molecule has 0 radical (unpaired) electrons. The predicted molar refractivity (Wildman–Crippen MR) is 110 cm³/mol. The number of nitrogens with zero attached hydrogens (tertiary/aromatic N) is 1. The van der Waals surface area contributed by atoms with E-state index in [0.717, 1.165) is 37.8 Å². The maximum absolute atomic E-state index is 13.4. The lowest BCUT2D eigenvalue weighted by atomic mass is 9.77. The number of methoxy groups -OCH3 is 1. The number of benzene rings is 2. The maximum atomic E-state index is 13.4. The molecule has 5 nitrogen and oxygen atoms in total. The summed E-state index contributed by atoms with van der Waals surface area (Å²) in [5, 5.41) is 2.99. The number of carbonyl (C=O) groups is 2. The Morgan fingerprint density at radius 2 is 1.82 bits per heavy atom. The average Bonchev–Trinajstić information content (AvgIpc) is 3.17. The van der Waals surface area contributed by atoms with E-state index in [1.165, 1.54) is 5.56 Å². The average molecular weight is 378 g/mol. The Hall–Kier alpha value is -2.82. The third kappa shape index (κ3) is 3.61. The second-order valence-electron chi connectivity index (χ2n) is 7.59. The van der Waals surface area contributed by atoms with Crippen LogP contribution in [-0.2, 0) is 16.0 Å². The van der Waals surface area contributed by atoms with Crippen molar-refractivity contribution in [3.05, 3.63) is 54.1 Å². The molecule has 2 amide bonds. The minimum Gasteiger partial charge on any atom is -0.497 e. The van der Waals surface area contributed by atoms with Gasteiger partial charge in [0.05, 0.1) is 13.0 Å². The van der Waals surface area contributed by atoms with Gasteiger partial charge in [-0.25, -0.2) is 0 Å². The number of anilines is 2. The molecular formula is C23H26N2O3. The first-order chi connectivity index (χ1) is 13.7. The molecular weight excluding hydrogens is 352 g/mol. The molecule has 2 aromatic carbocycles. The van der Waals surface area contributed by atoms with Crippen LogP contribution in [0.2, 0.25) is 0 Å². The van der Waals surface area contributed by atoms with Gasteiger partial charge in [-0.15, -0.1) is 0 Å². The molecule has 1 heterocycles. The van der Waals surface area contributed by atoms with Crippen LogP contribution < -0.4 is 15.0 Å². The standard InChI is InChI=1S/C23H26N2O3/c1-28-18-9-6-8-17(15-18)24-22(26)19-10-3-4-11-20(19)23(27)25-14-13-16-7-2-5-12-21(16)25/h2,5-9,12,15,19-20H,3-4,10-11,13-14H2,1H3,(H,24,26). The number of ether oxygens (including phenoxy) is 1. The van der Waals surface area contributed by atoms with E-state index < -0.39 is 0 Å². The van der Waals surface area contributed by atoms with Crippen molar-refractivity contribution in [1.29, 1.82) is 0 Å². The number of hydrogen-bond acceptors (Lipinski definition) is 3. The molecule has 28 heavy (non-hydrogen) atoms. The van der Waals surface area contributed by atoms with Gasteiger partial charge in [0.2, 0.25) is 11.8 Å². The predicted octanol–water partition coefficient (Wildman–Crippen LogP) is 4.03. The van der Waals surface area contributed by atoms with Crippen molar-refractivity contribution in [2.24, 2.45) is 11.8 Å². The van der Waals surface area contributed by atoms with Crippen molar-refractivity contribution in [1.82, 2.24) is 0 Å². The molecule has 4 rings (SSSR count). The van der Waals surface area contributed by atoms with E-state index in [4.69, 9.17) is 4.74 Å². The Morgan fingerprint density at radius 1 is 1.04 bits per heavy atom. The molecule has 0 spiro atoms. The summed E-state index contributed by atoms with van der Waals surface area (Å²) in [6.07, 6.45) is 4.39. The van der Waals surface area contributed by atoms with E-state index in [1.807, 2.05) is 41.3 Å². The fourth-order valence-corrected chi connectivity index (χ4v) is 4.44. The Morgan fingerprint density at radius 3 is 2.64 bits per heavy atom. The number of rotatable bonds is 4. The monoisotopic (exact) mass is 378 g/mol. The van der Waals surface area contributed by atoms with Crippen LogP contribution in [0.25, 0.3) is 0 Å². The lowest BCUT2D eigenvalue weighted by Crippen LogP contribution is -2.43. The van der Waals surface area contributed by atoms with Gasteiger partial charge in [-0.05, 0) is 43.0 Å². The lowest BCUT2D eigenvalue weighted by Gasteiger charge is -2.32. The number of amides is 2. The molecule has 1 fully saturated rings. The van der Waals surface area contributed by atoms with E-state index in [-0.39, 0.29) is 23.7 Å². The zero-order valence-corrected chi connectivity index (χ0v) is 16.2. The maximum Gasteiger partial charge on any atom is 0.230 e. The third-order valence-corrected chi connectivity index (χ3v) is 5.91. The number of para-hydroxylation sites is 1. The summed E-state index contributed by atoms with van der Waals surface area (Å²) in [4.78, 5) is 28.3. The highest BCUT2D eigenvalue weighted by molar-refractivity contribution is 6.02. The summed E-state index contributed by atoms with van der Waals surface area (Å²) in [7, 11) is 1.60. The molecule has 0 bridgehead atoms. The van der Waals surface area contributed by atoms with Crippen LogP contribution in [0.1, 0.15) is 31.2 Å². The number of carbonyl (C=O) groups excluding carboxylic acids is 2. The SMILES string of the molecule is COc1cccc(NC(=O)C2CCCCC2C(=O)N2CCc3ccccc32)c1. The second kappa shape index (κ2) is 8.05. The van der Waals surface area contributed by atoms with Gasteiger partial charge in [0.1, 0.15) is 5.75 Å². The first-order valence-electron chi connectivity index (χ1n) is 10.0. The number of fused-ring (bicyclic) bond motifs is 1. The smallest absolute Gasteiger partial charge is 0.230 e. The summed E-state index contributed by atoms with van der Waals surface area (Å²) in [5.41, 5.74) is 2.92. The van der Waals surface area contributed by atoms with Crippen molar-refractivity contribution >= 4 is 23.2 Å². The zero-order valence-electron chi connectivity index (χ0n) is 16.2. The molecule has 1 aliphatic heterocycles. The van der Waals surface area contributed by atoms with Gasteiger partial charge >= 0.3 is 0 Å². The van der Waals surface area contributed by atoms with Crippen LogP contribution in [-0.4, -0.2) is 25.5 Å². The molecule has 2 atom stereocenters. The van der Waals surface area contributed by atoms with Gasteiger partial charge in [-0.1, -0.05) is 37.1 Å². The quantitative estimate of drug-likeness (QED) is 0.874. The fraction of sp³-hybridized carbons (Fsp3) is 0.391.